The fraction of sp³-hybridized carbons (Fsp3) is 0.407. The van der Waals surface area contributed by atoms with E-state index < -0.39 is 17.7 Å². The molecule has 1 aliphatic rings. The molecule has 1 aliphatic heterocycles. The molecule has 0 aliphatic carbocycles. The van der Waals surface area contributed by atoms with Crippen LogP contribution in [0.3, 0.4) is 0 Å². The summed E-state index contributed by atoms with van der Waals surface area (Å²) in [4.78, 5) is 30.0. The Morgan fingerprint density at radius 1 is 1.09 bits per heavy atom. The Labute approximate surface area is 210 Å². The highest BCUT2D eigenvalue weighted by Gasteiger charge is 2.46. The number of halogens is 1. The number of benzene rings is 2. The van der Waals surface area contributed by atoms with Crippen molar-refractivity contribution in [1.29, 1.82) is 0 Å². The first-order valence-corrected chi connectivity index (χ1v) is 12.7. The number of aliphatic hydroxyl groups excluding tert-OH is 1. The number of unbranched alkanes of at least 4 members (excludes halogenated alkanes) is 1. The largest absolute Gasteiger partial charge is 0.507 e. The molecule has 0 spiro atoms. The molecule has 1 saturated heterocycles. The standard InChI is InChI=1S/C27H33BrN2O4/c1-4-7-17-34-22-13-11-19(12-14-22)25(31)23-24(20-9-8-10-21(28)18-20)30(27(33)26(23)32)16-15-29(5-2)6-3/h8-14,18,24,31H,4-7,15-17H2,1-3H3/b25-23+. The summed E-state index contributed by atoms with van der Waals surface area (Å²) >= 11 is 3.49. The first-order valence-electron chi connectivity index (χ1n) is 11.9. The van der Waals surface area contributed by atoms with Gasteiger partial charge in [0.15, 0.2) is 0 Å². The van der Waals surface area contributed by atoms with Crippen molar-refractivity contribution in [2.24, 2.45) is 0 Å². The van der Waals surface area contributed by atoms with Crippen LogP contribution in [-0.2, 0) is 9.59 Å². The van der Waals surface area contributed by atoms with Crippen molar-refractivity contribution in [3.05, 3.63) is 69.7 Å². The van der Waals surface area contributed by atoms with E-state index in [1.54, 1.807) is 29.2 Å². The molecule has 7 heteroatoms. The average Bonchev–Trinajstić information content (AvgIpc) is 3.10. The molecule has 0 aromatic heterocycles. The second kappa shape index (κ2) is 12.2. The minimum Gasteiger partial charge on any atom is -0.507 e. The lowest BCUT2D eigenvalue weighted by molar-refractivity contribution is -0.140. The van der Waals surface area contributed by atoms with Crippen molar-refractivity contribution < 1.29 is 19.4 Å². The normalized spacial score (nSPS) is 17.6. The summed E-state index contributed by atoms with van der Waals surface area (Å²) in [6.45, 7) is 9.62. The number of aliphatic hydroxyl groups is 1. The maximum atomic E-state index is 13.2. The molecule has 34 heavy (non-hydrogen) atoms. The van der Waals surface area contributed by atoms with E-state index in [0.29, 0.717) is 31.0 Å². The maximum absolute atomic E-state index is 13.2. The van der Waals surface area contributed by atoms with Gasteiger partial charge in [-0.1, -0.05) is 55.3 Å². The van der Waals surface area contributed by atoms with E-state index in [9.17, 15) is 14.7 Å². The predicted octanol–water partition coefficient (Wildman–Crippen LogP) is 5.39. The number of likely N-dealkylation sites (N-methyl/N-ethyl adjacent to an activating group) is 1. The predicted molar refractivity (Wildman–Crippen MR) is 138 cm³/mol. The number of carbonyl (C=O) groups excluding carboxylic acids is 2. The Hall–Kier alpha value is -2.64. The quantitative estimate of drug-likeness (QED) is 0.183. The first-order chi connectivity index (χ1) is 16.4. The van der Waals surface area contributed by atoms with Crippen molar-refractivity contribution in [1.82, 2.24) is 9.80 Å². The number of carbonyl (C=O) groups is 2. The van der Waals surface area contributed by atoms with Crippen LogP contribution in [0.5, 0.6) is 5.75 Å². The van der Waals surface area contributed by atoms with E-state index in [-0.39, 0.29) is 11.3 Å². The van der Waals surface area contributed by atoms with Gasteiger partial charge in [-0.05, 0) is 61.5 Å². The summed E-state index contributed by atoms with van der Waals surface area (Å²) in [5, 5.41) is 11.2. The van der Waals surface area contributed by atoms with Gasteiger partial charge in [0.05, 0.1) is 18.2 Å². The van der Waals surface area contributed by atoms with Crippen LogP contribution in [0.1, 0.15) is 50.8 Å². The van der Waals surface area contributed by atoms with E-state index in [2.05, 4.69) is 41.6 Å². The fourth-order valence-corrected chi connectivity index (χ4v) is 4.54. The Morgan fingerprint density at radius 2 is 1.79 bits per heavy atom. The molecule has 1 amide bonds. The number of ether oxygens (including phenoxy) is 1. The molecule has 1 N–H and O–H groups in total. The van der Waals surface area contributed by atoms with Gasteiger partial charge in [-0.2, -0.15) is 0 Å². The van der Waals surface area contributed by atoms with Crippen LogP contribution < -0.4 is 4.74 Å². The Balaban J connectivity index is 1.99. The van der Waals surface area contributed by atoms with Crippen LogP contribution in [0, 0.1) is 0 Å². The molecule has 1 heterocycles. The molecular weight excluding hydrogens is 496 g/mol. The van der Waals surface area contributed by atoms with Gasteiger partial charge >= 0.3 is 0 Å². The van der Waals surface area contributed by atoms with Crippen molar-refractivity contribution >= 4 is 33.4 Å². The number of ketones is 1. The molecular formula is C27H33BrN2O4. The molecule has 182 valence electrons. The lowest BCUT2D eigenvalue weighted by Crippen LogP contribution is -2.38. The summed E-state index contributed by atoms with van der Waals surface area (Å²) in [5.74, 6) is -0.717. The third kappa shape index (κ3) is 5.88. The van der Waals surface area contributed by atoms with E-state index >= 15 is 0 Å². The van der Waals surface area contributed by atoms with Crippen molar-refractivity contribution in [3.63, 3.8) is 0 Å². The second-order valence-corrected chi connectivity index (χ2v) is 9.22. The minimum atomic E-state index is -0.662. The Kier molecular flexibility index (Phi) is 9.30. The molecule has 6 nitrogen and oxygen atoms in total. The van der Waals surface area contributed by atoms with Gasteiger partial charge in [-0.15, -0.1) is 0 Å². The van der Waals surface area contributed by atoms with Crippen LogP contribution in [0.4, 0.5) is 0 Å². The summed E-state index contributed by atoms with van der Waals surface area (Å²) < 4.78 is 6.54. The first kappa shape index (κ1) is 26.0. The SMILES string of the molecule is CCCCOc1ccc(/C(O)=C2\C(=O)C(=O)N(CCN(CC)CC)C2c2cccc(Br)c2)cc1. The highest BCUT2D eigenvalue weighted by Crippen LogP contribution is 2.40. The Morgan fingerprint density at radius 3 is 2.41 bits per heavy atom. The Bertz CT molecular complexity index is 1030. The average molecular weight is 529 g/mol. The van der Waals surface area contributed by atoms with Crippen LogP contribution in [-0.4, -0.2) is 59.4 Å². The second-order valence-electron chi connectivity index (χ2n) is 8.30. The zero-order valence-corrected chi connectivity index (χ0v) is 21.7. The minimum absolute atomic E-state index is 0.113. The lowest BCUT2D eigenvalue weighted by atomic mass is 9.95. The molecule has 0 bridgehead atoms. The van der Waals surface area contributed by atoms with Crippen molar-refractivity contribution in [2.75, 3.05) is 32.8 Å². The van der Waals surface area contributed by atoms with E-state index in [1.807, 2.05) is 24.3 Å². The molecule has 0 saturated carbocycles. The number of rotatable bonds is 11. The number of hydrogen-bond donors (Lipinski definition) is 1. The number of amides is 1. The molecule has 1 unspecified atom stereocenters. The molecule has 2 aromatic carbocycles. The van der Waals surface area contributed by atoms with Gasteiger partial charge < -0.3 is 19.6 Å². The van der Waals surface area contributed by atoms with E-state index in [0.717, 1.165) is 36.0 Å². The van der Waals surface area contributed by atoms with Gasteiger partial charge in [0.1, 0.15) is 11.5 Å². The van der Waals surface area contributed by atoms with E-state index in [4.69, 9.17) is 4.74 Å². The molecule has 3 rings (SSSR count). The summed E-state index contributed by atoms with van der Waals surface area (Å²) in [7, 11) is 0. The van der Waals surface area contributed by atoms with E-state index in [1.165, 1.54) is 0 Å². The van der Waals surface area contributed by atoms with Crippen LogP contribution in [0.15, 0.2) is 58.6 Å². The molecule has 0 radical (unpaired) electrons. The third-order valence-electron chi connectivity index (χ3n) is 6.15. The highest BCUT2D eigenvalue weighted by atomic mass is 79.9. The molecule has 2 aromatic rings. The number of hydrogen-bond acceptors (Lipinski definition) is 5. The lowest BCUT2D eigenvalue weighted by Gasteiger charge is -2.28. The maximum Gasteiger partial charge on any atom is 0.295 e. The molecule has 1 fully saturated rings. The number of Topliss-reactive ketones (excluding diaryl/α,β-unsaturated/α-hetero) is 1. The fourth-order valence-electron chi connectivity index (χ4n) is 4.12. The smallest absolute Gasteiger partial charge is 0.295 e. The topological polar surface area (TPSA) is 70.1 Å². The third-order valence-corrected chi connectivity index (χ3v) is 6.64. The van der Waals surface area contributed by atoms with Gasteiger partial charge in [-0.3, -0.25) is 9.59 Å². The monoisotopic (exact) mass is 528 g/mol. The van der Waals surface area contributed by atoms with Crippen LogP contribution in [0.25, 0.3) is 5.76 Å². The van der Waals surface area contributed by atoms with Gasteiger partial charge in [0.2, 0.25) is 0 Å². The molecule has 1 atom stereocenters. The zero-order valence-electron chi connectivity index (χ0n) is 20.1. The van der Waals surface area contributed by atoms with Crippen molar-refractivity contribution in [2.45, 2.75) is 39.7 Å². The zero-order chi connectivity index (χ0) is 24.7. The summed E-state index contributed by atoms with van der Waals surface area (Å²) in [6.07, 6.45) is 2.01. The summed E-state index contributed by atoms with van der Waals surface area (Å²) in [6, 6.07) is 13.9. The van der Waals surface area contributed by atoms with Gasteiger partial charge in [-0.25, -0.2) is 0 Å². The highest BCUT2D eigenvalue weighted by molar-refractivity contribution is 9.10. The van der Waals surface area contributed by atoms with Crippen LogP contribution >= 0.6 is 15.9 Å². The van der Waals surface area contributed by atoms with Crippen LogP contribution in [0.2, 0.25) is 0 Å². The number of likely N-dealkylation sites (tertiary alicyclic amines) is 1. The van der Waals surface area contributed by atoms with Gasteiger partial charge in [0, 0.05) is 23.1 Å². The van der Waals surface area contributed by atoms with Crippen molar-refractivity contribution in [3.8, 4) is 5.75 Å². The number of nitrogens with zero attached hydrogens (tertiary/aromatic N) is 2. The summed E-state index contributed by atoms with van der Waals surface area (Å²) in [5.41, 5.74) is 1.36. The van der Waals surface area contributed by atoms with Gasteiger partial charge in [0.25, 0.3) is 11.7 Å².